The van der Waals surface area contributed by atoms with Crippen LogP contribution in [0.4, 0.5) is 0 Å². The maximum absolute atomic E-state index is 12.5. The van der Waals surface area contributed by atoms with Crippen LogP contribution in [0.15, 0.2) is 35.2 Å². The zero-order chi connectivity index (χ0) is 18.2. The van der Waals surface area contributed by atoms with Crippen LogP contribution in [0, 0.1) is 0 Å². The van der Waals surface area contributed by atoms with Gasteiger partial charge in [-0.15, -0.1) is 0 Å². The number of aliphatic hydroxyl groups is 1. The summed E-state index contributed by atoms with van der Waals surface area (Å²) in [6.07, 6.45) is 8.94. The Hall–Kier alpha value is -1.59. The first kappa shape index (κ1) is 20.5. The molecule has 5 nitrogen and oxygen atoms in total. The molecule has 0 aromatic carbocycles. The van der Waals surface area contributed by atoms with Gasteiger partial charge in [0.05, 0.1) is 6.54 Å². The molecule has 1 amide bonds. The number of hydrogen-bond donors (Lipinski definition) is 3. The van der Waals surface area contributed by atoms with Gasteiger partial charge in [-0.25, -0.2) is 0 Å². The van der Waals surface area contributed by atoms with Gasteiger partial charge in [-0.2, -0.15) is 0 Å². The summed E-state index contributed by atoms with van der Waals surface area (Å²) in [5, 5.41) is 15.0. The van der Waals surface area contributed by atoms with Crippen LogP contribution >= 0.6 is 0 Å². The van der Waals surface area contributed by atoms with Crippen LogP contribution in [0.3, 0.4) is 0 Å². The van der Waals surface area contributed by atoms with Crippen molar-refractivity contribution in [1.29, 1.82) is 0 Å². The van der Waals surface area contributed by atoms with Crippen molar-refractivity contribution >= 4 is 5.91 Å². The minimum absolute atomic E-state index is 0.00548. The largest absolute Gasteiger partial charge is 0.377 e. The second-order valence-corrected chi connectivity index (χ2v) is 7.04. The van der Waals surface area contributed by atoms with Gasteiger partial charge in [0.15, 0.2) is 0 Å². The van der Waals surface area contributed by atoms with Crippen LogP contribution in [0.25, 0.3) is 0 Å². The minimum atomic E-state index is -0.141. The van der Waals surface area contributed by atoms with E-state index in [0.717, 1.165) is 42.8 Å². The number of hydrogen-bond acceptors (Lipinski definition) is 4. The van der Waals surface area contributed by atoms with Crippen LogP contribution in [-0.2, 0) is 4.79 Å². The Bertz CT molecular complexity index is 515. The van der Waals surface area contributed by atoms with Crippen LogP contribution in [0.2, 0.25) is 0 Å². The molecule has 0 saturated carbocycles. The molecule has 1 saturated heterocycles. The SMILES string of the molecule is CC/C=C/C(=C\C(NCO)=C(C)C)NC(=O)CN1CCCC1(C)C. The molecule has 5 heteroatoms. The number of allylic oxidation sites excluding steroid dienone is 4. The van der Waals surface area contributed by atoms with Gasteiger partial charge in [0.25, 0.3) is 0 Å². The van der Waals surface area contributed by atoms with E-state index in [0.29, 0.717) is 6.54 Å². The Morgan fingerprint density at radius 2 is 2.04 bits per heavy atom. The highest BCUT2D eigenvalue weighted by Gasteiger charge is 2.32. The number of nitrogens with zero attached hydrogens (tertiary/aromatic N) is 1. The summed E-state index contributed by atoms with van der Waals surface area (Å²) in [5.41, 5.74) is 2.68. The molecule has 0 unspecified atom stereocenters. The van der Waals surface area contributed by atoms with Gasteiger partial charge < -0.3 is 15.7 Å². The van der Waals surface area contributed by atoms with E-state index in [1.54, 1.807) is 0 Å². The molecule has 1 rings (SSSR count). The summed E-state index contributed by atoms with van der Waals surface area (Å²) in [4.78, 5) is 14.7. The molecule has 3 N–H and O–H groups in total. The Labute approximate surface area is 146 Å². The van der Waals surface area contributed by atoms with Crippen LogP contribution < -0.4 is 10.6 Å². The summed E-state index contributed by atoms with van der Waals surface area (Å²) >= 11 is 0. The first-order valence-corrected chi connectivity index (χ1v) is 8.75. The van der Waals surface area contributed by atoms with Crippen molar-refractivity contribution in [2.24, 2.45) is 0 Å². The lowest BCUT2D eigenvalue weighted by Crippen LogP contribution is -2.44. The van der Waals surface area contributed by atoms with Gasteiger partial charge in [-0.1, -0.05) is 18.6 Å². The maximum Gasteiger partial charge on any atom is 0.238 e. The van der Waals surface area contributed by atoms with Crippen molar-refractivity contribution in [3.63, 3.8) is 0 Å². The van der Waals surface area contributed by atoms with Crippen molar-refractivity contribution in [3.05, 3.63) is 35.2 Å². The first-order valence-electron chi connectivity index (χ1n) is 8.75. The molecule has 0 spiro atoms. The number of rotatable bonds is 8. The van der Waals surface area contributed by atoms with E-state index < -0.39 is 0 Å². The molecule has 136 valence electrons. The lowest BCUT2D eigenvalue weighted by Gasteiger charge is -2.30. The number of aliphatic hydroxyl groups excluding tert-OH is 1. The van der Waals surface area contributed by atoms with E-state index in [9.17, 15) is 4.79 Å². The molecule has 0 bridgehead atoms. The molecular formula is C19H33N3O2. The third kappa shape index (κ3) is 6.49. The predicted molar refractivity (Wildman–Crippen MR) is 99.1 cm³/mol. The Balaban J connectivity index is 2.84. The normalized spacial score (nSPS) is 18.0. The average molecular weight is 335 g/mol. The maximum atomic E-state index is 12.5. The summed E-state index contributed by atoms with van der Waals surface area (Å²) in [7, 11) is 0. The molecule has 1 aliphatic rings. The van der Waals surface area contributed by atoms with Crippen LogP contribution in [0.1, 0.15) is 53.9 Å². The van der Waals surface area contributed by atoms with E-state index in [2.05, 4.69) is 36.3 Å². The van der Waals surface area contributed by atoms with Crippen molar-refractivity contribution < 1.29 is 9.90 Å². The zero-order valence-corrected chi connectivity index (χ0v) is 15.8. The smallest absolute Gasteiger partial charge is 0.238 e. The highest BCUT2D eigenvalue weighted by Crippen LogP contribution is 2.27. The molecule has 0 atom stereocenters. The second-order valence-electron chi connectivity index (χ2n) is 7.04. The highest BCUT2D eigenvalue weighted by atomic mass is 16.3. The average Bonchev–Trinajstić information content (AvgIpc) is 2.82. The number of nitrogens with one attached hydrogen (secondary N) is 2. The number of carbonyl (C=O) groups is 1. The van der Waals surface area contributed by atoms with E-state index in [4.69, 9.17) is 5.11 Å². The second kappa shape index (κ2) is 9.64. The molecule has 0 aromatic heterocycles. The molecule has 1 aliphatic heterocycles. The molecule has 1 heterocycles. The Kier molecular flexibility index (Phi) is 8.22. The summed E-state index contributed by atoms with van der Waals surface area (Å²) in [6, 6.07) is 0. The van der Waals surface area contributed by atoms with E-state index >= 15 is 0 Å². The quantitative estimate of drug-likeness (QED) is 0.471. The lowest BCUT2D eigenvalue weighted by molar-refractivity contribution is -0.122. The molecule has 24 heavy (non-hydrogen) atoms. The molecule has 0 aliphatic carbocycles. The van der Waals surface area contributed by atoms with Crippen molar-refractivity contribution in [2.45, 2.75) is 59.4 Å². The van der Waals surface area contributed by atoms with Gasteiger partial charge in [-0.05, 0) is 65.7 Å². The van der Waals surface area contributed by atoms with Gasteiger partial charge in [0.2, 0.25) is 5.91 Å². The zero-order valence-electron chi connectivity index (χ0n) is 15.8. The Morgan fingerprint density at radius 1 is 1.33 bits per heavy atom. The van der Waals surface area contributed by atoms with E-state index in [-0.39, 0.29) is 18.2 Å². The molecule has 0 radical (unpaired) electrons. The van der Waals surface area contributed by atoms with Gasteiger partial charge >= 0.3 is 0 Å². The fraction of sp³-hybridized carbons (Fsp3) is 0.632. The molecule has 0 aromatic rings. The summed E-state index contributed by atoms with van der Waals surface area (Å²) in [6.45, 7) is 11.6. The van der Waals surface area contributed by atoms with Gasteiger partial charge in [0.1, 0.15) is 6.73 Å². The Morgan fingerprint density at radius 3 is 2.54 bits per heavy atom. The van der Waals surface area contributed by atoms with Crippen LogP contribution in [-0.4, -0.2) is 41.3 Å². The van der Waals surface area contributed by atoms with Gasteiger partial charge in [0, 0.05) is 16.9 Å². The summed E-state index contributed by atoms with van der Waals surface area (Å²) in [5.74, 6) is -0.00548. The number of carbonyl (C=O) groups excluding carboxylic acids is 1. The van der Waals surface area contributed by atoms with Gasteiger partial charge in [-0.3, -0.25) is 9.69 Å². The topological polar surface area (TPSA) is 64.6 Å². The van der Waals surface area contributed by atoms with Crippen molar-refractivity contribution in [3.8, 4) is 0 Å². The van der Waals surface area contributed by atoms with Crippen molar-refractivity contribution in [2.75, 3.05) is 19.8 Å². The number of amides is 1. The van der Waals surface area contributed by atoms with Crippen molar-refractivity contribution in [1.82, 2.24) is 15.5 Å². The summed E-state index contributed by atoms with van der Waals surface area (Å²) < 4.78 is 0. The first-order chi connectivity index (χ1) is 11.3. The highest BCUT2D eigenvalue weighted by molar-refractivity contribution is 5.80. The molecular weight excluding hydrogens is 302 g/mol. The van der Waals surface area contributed by atoms with Crippen LogP contribution in [0.5, 0.6) is 0 Å². The standard InChI is InChI=1S/C19H33N3O2/c1-6-7-9-16(12-17(15(2)3)20-14-23)21-18(24)13-22-11-8-10-19(22,4)5/h7,9,12,20,23H,6,8,10-11,13-14H2,1-5H3,(H,21,24)/b9-7+,16-12+. The van der Waals surface area contributed by atoms with E-state index in [1.165, 1.54) is 0 Å². The lowest BCUT2D eigenvalue weighted by atomic mass is 10.0. The third-order valence-corrected chi connectivity index (χ3v) is 4.33. The minimum Gasteiger partial charge on any atom is -0.377 e. The monoisotopic (exact) mass is 335 g/mol. The fourth-order valence-corrected chi connectivity index (χ4v) is 2.81. The third-order valence-electron chi connectivity index (χ3n) is 4.33. The molecule has 1 fully saturated rings. The number of likely N-dealkylation sites (tertiary alicyclic amines) is 1. The predicted octanol–water partition coefficient (Wildman–Crippen LogP) is 2.66. The van der Waals surface area contributed by atoms with E-state index in [1.807, 2.05) is 32.1 Å². The fourth-order valence-electron chi connectivity index (χ4n) is 2.81.